The van der Waals surface area contributed by atoms with Gasteiger partial charge in [0.1, 0.15) is 0 Å². The highest BCUT2D eigenvalue weighted by molar-refractivity contribution is 5.10. The van der Waals surface area contributed by atoms with Crippen LogP contribution in [0.15, 0.2) is 30.9 Å². The topological polar surface area (TPSA) is 42.1 Å². The van der Waals surface area contributed by atoms with Crippen molar-refractivity contribution in [2.45, 2.75) is 25.9 Å². The van der Waals surface area contributed by atoms with E-state index < -0.39 is 0 Å². The molecule has 0 aliphatic heterocycles. The first kappa shape index (κ1) is 12.9. The lowest BCUT2D eigenvalue weighted by atomic mass is 10.2. The van der Waals surface area contributed by atoms with E-state index in [0.717, 1.165) is 37.3 Å². The standard InChI is InChI=1S/C13H21N3/c1-3-4-5-9-16(2)11-13-8-6-7-12(10-14)15-13/h3,6-8H,1,4-5,9-11,14H2,2H3. The van der Waals surface area contributed by atoms with Gasteiger partial charge in [-0.15, -0.1) is 6.58 Å². The molecule has 0 aliphatic rings. The van der Waals surface area contributed by atoms with Gasteiger partial charge in [-0.05, 0) is 38.6 Å². The maximum absolute atomic E-state index is 5.56. The van der Waals surface area contributed by atoms with Gasteiger partial charge in [-0.1, -0.05) is 12.1 Å². The summed E-state index contributed by atoms with van der Waals surface area (Å²) in [4.78, 5) is 6.74. The molecule has 3 nitrogen and oxygen atoms in total. The van der Waals surface area contributed by atoms with Crippen LogP contribution in [0.5, 0.6) is 0 Å². The predicted molar refractivity (Wildman–Crippen MR) is 67.9 cm³/mol. The number of nitrogens with two attached hydrogens (primary N) is 1. The third kappa shape index (κ3) is 4.55. The Morgan fingerprint density at radius 3 is 2.88 bits per heavy atom. The number of aromatic nitrogens is 1. The first-order valence-electron chi connectivity index (χ1n) is 5.70. The van der Waals surface area contributed by atoms with Gasteiger partial charge in [0.15, 0.2) is 0 Å². The van der Waals surface area contributed by atoms with Crippen LogP contribution in [-0.4, -0.2) is 23.5 Å². The molecule has 0 bridgehead atoms. The predicted octanol–water partition coefficient (Wildman–Crippen LogP) is 1.94. The second-order valence-electron chi connectivity index (χ2n) is 3.99. The number of rotatable bonds is 7. The van der Waals surface area contributed by atoms with Crippen molar-refractivity contribution in [1.29, 1.82) is 0 Å². The number of hydrogen-bond donors (Lipinski definition) is 1. The number of unbranched alkanes of at least 4 members (excludes halogenated alkanes) is 1. The molecular weight excluding hydrogens is 198 g/mol. The molecule has 0 saturated carbocycles. The largest absolute Gasteiger partial charge is 0.325 e. The minimum atomic E-state index is 0.508. The zero-order valence-electron chi connectivity index (χ0n) is 10.0. The SMILES string of the molecule is C=CCCCN(C)Cc1cccc(CN)n1. The monoisotopic (exact) mass is 219 g/mol. The zero-order chi connectivity index (χ0) is 11.8. The summed E-state index contributed by atoms with van der Waals surface area (Å²) < 4.78 is 0. The Labute approximate surface area is 98.0 Å². The average molecular weight is 219 g/mol. The molecule has 16 heavy (non-hydrogen) atoms. The van der Waals surface area contributed by atoms with Crippen LogP contribution in [0.2, 0.25) is 0 Å². The Morgan fingerprint density at radius 1 is 1.44 bits per heavy atom. The van der Waals surface area contributed by atoms with Crippen molar-refractivity contribution in [1.82, 2.24) is 9.88 Å². The maximum Gasteiger partial charge on any atom is 0.0547 e. The number of hydrogen-bond acceptors (Lipinski definition) is 3. The summed E-state index contributed by atoms with van der Waals surface area (Å²) in [7, 11) is 2.11. The summed E-state index contributed by atoms with van der Waals surface area (Å²) in [5.41, 5.74) is 7.60. The summed E-state index contributed by atoms with van der Waals surface area (Å²) >= 11 is 0. The van der Waals surface area contributed by atoms with Crippen LogP contribution < -0.4 is 5.73 Å². The van der Waals surface area contributed by atoms with E-state index in [9.17, 15) is 0 Å². The lowest BCUT2D eigenvalue weighted by molar-refractivity contribution is 0.319. The fraction of sp³-hybridized carbons (Fsp3) is 0.462. The van der Waals surface area contributed by atoms with Crippen LogP contribution in [0.1, 0.15) is 24.2 Å². The quantitative estimate of drug-likeness (QED) is 0.563. The van der Waals surface area contributed by atoms with Crippen LogP contribution in [-0.2, 0) is 13.1 Å². The van der Waals surface area contributed by atoms with Crippen molar-refractivity contribution < 1.29 is 0 Å². The van der Waals surface area contributed by atoms with Gasteiger partial charge >= 0.3 is 0 Å². The Kier molecular flexibility index (Phi) is 5.75. The highest BCUT2D eigenvalue weighted by Gasteiger charge is 2.01. The fourth-order valence-corrected chi connectivity index (χ4v) is 1.59. The van der Waals surface area contributed by atoms with E-state index in [1.54, 1.807) is 0 Å². The number of nitrogens with zero attached hydrogens (tertiary/aromatic N) is 2. The number of pyridine rings is 1. The van der Waals surface area contributed by atoms with Crippen molar-refractivity contribution in [2.24, 2.45) is 5.73 Å². The van der Waals surface area contributed by atoms with Crippen LogP contribution in [0, 0.1) is 0 Å². The maximum atomic E-state index is 5.56. The lowest BCUT2D eigenvalue weighted by Gasteiger charge is -2.15. The summed E-state index contributed by atoms with van der Waals surface area (Å²) in [6, 6.07) is 6.02. The molecule has 0 fully saturated rings. The van der Waals surface area contributed by atoms with E-state index in [1.807, 2.05) is 24.3 Å². The molecule has 0 atom stereocenters. The van der Waals surface area contributed by atoms with Crippen LogP contribution in [0.4, 0.5) is 0 Å². The van der Waals surface area contributed by atoms with Gasteiger partial charge in [-0.3, -0.25) is 4.98 Å². The molecule has 0 saturated heterocycles. The summed E-state index contributed by atoms with van der Waals surface area (Å²) in [6.45, 7) is 6.18. The minimum Gasteiger partial charge on any atom is -0.325 e. The van der Waals surface area contributed by atoms with E-state index in [1.165, 1.54) is 0 Å². The van der Waals surface area contributed by atoms with Crippen molar-refractivity contribution in [2.75, 3.05) is 13.6 Å². The van der Waals surface area contributed by atoms with Crippen molar-refractivity contribution in [3.8, 4) is 0 Å². The van der Waals surface area contributed by atoms with Crippen LogP contribution in [0.3, 0.4) is 0 Å². The molecule has 88 valence electrons. The van der Waals surface area contributed by atoms with Crippen molar-refractivity contribution in [3.63, 3.8) is 0 Å². The van der Waals surface area contributed by atoms with E-state index in [-0.39, 0.29) is 0 Å². The third-order valence-corrected chi connectivity index (χ3v) is 2.45. The van der Waals surface area contributed by atoms with Crippen LogP contribution >= 0.6 is 0 Å². The molecular formula is C13H21N3. The molecule has 1 heterocycles. The Morgan fingerprint density at radius 2 is 2.19 bits per heavy atom. The number of allylic oxidation sites excluding steroid dienone is 1. The van der Waals surface area contributed by atoms with Gasteiger partial charge in [0, 0.05) is 13.1 Å². The van der Waals surface area contributed by atoms with Crippen molar-refractivity contribution >= 4 is 0 Å². The van der Waals surface area contributed by atoms with Gasteiger partial charge in [-0.25, -0.2) is 0 Å². The van der Waals surface area contributed by atoms with E-state index in [0.29, 0.717) is 6.54 Å². The normalized spacial score (nSPS) is 10.7. The lowest BCUT2D eigenvalue weighted by Crippen LogP contribution is -2.20. The first-order chi connectivity index (χ1) is 7.76. The van der Waals surface area contributed by atoms with Gasteiger partial charge < -0.3 is 10.6 Å². The summed E-state index contributed by atoms with van der Waals surface area (Å²) in [6.07, 6.45) is 4.18. The first-order valence-corrected chi connectivity index (χ1v) is 5.70. The molecule has 2 N–H and O–H groups in total. The molecule has 1 aromatic heterocycles. The van der Waals surface area contributed by atoms with Gasteiger partial charge in [0.05, 0.1) is 11.4 Å². The van der Waals surface area contributed by atoms with E-state index in [4.69, 9.17) is 5.73 Å². The average Bonchev–Trinajstić information content (AvgIpc) is 2.29. The van der Waals surface area contributed by atoms with E-state index >= 15 is 0 Å². The molecule has 1 aromatic rings. The Balaban J connectivity index is 2.42. The summed E-state index contributed by atoms with van der Waals surface area (Å²) in [5, 5.41) is 0. The molecule has 1 rings (SSSR count). The zero-order valence-corrected chi connectivity index (χ0v) is 10.0. The highest BCUT2D eigenvalue weighted by Crippen LogP contribution is 2.03. The van der Waals surface area contributed by atoms with Crippen LogP contribution in [0.25, 0.3) is 0 Å². The second-order valence-corrected chi connectivity index (χ2v) is 3.99. The fourth-order valence-electron chi connectivity index (χ4n) is 1.59. The molecule has 0 radical (unpaired) electrons. The Bertz CT molecular complexity index is 323. The molecule has 3 heteroatoms. The van der Waals surface area contributed by atoms with Crippen molar-refractivity contribution in [3.05, 3.63) is 42.2 Å². The third-order valence-electron chi connectivity index (χ3n) is 2.45. The van der Waals surface area contributed by atoms with Gasteiger partial charge in [0.2, 0.25) is 0 Å². The van der Waals surface area contributed by atoms with Gasteiger partial charge in [0.25, 0.3) is 0 Å². The minimum absolute atomic E-state index is 0.508. The molecule has 0 spiro atoms. The Hall–Kier alpha value is -1.19. The van der Waals surface area contributed by atoms with Gasteiger partial charge in [-0.2, -0.15) is 0 Å². The highest BCUT2D eigenvalue weighted by atomic mass is 15.1. The molecule has 0 unspecified atom stereocenters. The molecule has 0 amide bonds. The smallest absolute Gasteiger partial charge is 0.0547 e. The van der Waals surface area contributed by atoms with E-state index in [2.05, 4.69) is 23.5 Å². The molecule has 0 aliphatic carbocycles. The summed E-state index contributed by atoms with van der Waals surface area (Å²) in [5.74, 6) is 0. The molecule has 0 aromatic carbocycles. The second kappa shape index (κ2) is 7.14.